The van der Waals surface area contributed by atoms with Crippen molar-refractivity contribution in [3.05, 3.63) is 19.2 Å². The summed E-state index contributed by atoms with van der Waals surface area (Å²) in [7, 11) is -3.20. The van der Waals surface area contributed by atoms with Crippen LogP contribution in [0.2, 0.25) is 0 Å². The Balaban J connectivity index is 2.40. The van der Waals surface area contributed by atoms with E-state index in [4.69, 9.17) is 0 Å². The predicted octanol–water partition coefficient (Wildman–Crippen LogP) is 1.55. The lowest BCUT2D eigenvalue weighted by molar-refractivity contribution is 0.0958. The third kappa shape index (κ3) is 5.47. The molecular weight excluding hydrogens is 396 g/mol. The minimum absolute atomic E-state index is 0.179. The van der Waals surface area contributed by atoms with Crippen LogP contribution in [0.15, 0.2) is 14.3 Å². The molecule has 0 radical (unpaired) electrons. The first-order valence-corrected chi connectivity index (χ1v) is 8.76. The van der Waals surface area contributed by atoms with Gasteiger partial charge in [-0.2, -0.15) is 0 Å². The first-order valence-electron chi connectivity index (χ1n) is 4.47. The Bertz CT molecular complexity index is 493. The molecule has 1 amide bonds. The fourth-order valence-electron chi connectivity index (χ4n) is 0.958. The SMILES string of the molecule is CS(=O)(=O)NCCNC(=O)c1cc(Br)c(Br)s1. The molecule has 96 valence electrons. The van der Waals surface area contributed by atoms with Gasteiger partial charge in [0.2, 0.25) is 10.0 Å². The van der Waals surface area contributed by atoms with Gasteiger partial charge in [0.25, 0.3) is 5.91 Å². The van der Waals surface area contributed by atoms with Gasteiger partial charge in [-0.05, 0) is 37.9 Å². The van der Waals surface area contributed by atoms with E-state index in [0.717, 1.165) is 14.5 Å². The summed E-state index contributed by atoms with van der Waals surface area (Å²) in [5.41, 5.74) is 0. The molecule has 9 heteroatoms. The van der Waals surface area contributed by atoms with Crippen molar-refractivity contribution in [2.45, 2.75) is 0 Å². The molecule has 0 bridgehead atoms. The zero-order chi connectivity index (χ0) is 13.1. The number of carbonyl (C=O) groups is 1. The number of nitrogens with one attached hydrogen (secondary N) is 2. The second-order valence-corrected chi connectivity index (χ2v) is 8.21. The molecule has 0 aliphatic carbocycles. The number of halogens is 2. The van der Waals surface area contributed by atoms with Gasteiger partial charge < -0.3 is 5.32 Å². The summed E-state index contributed by atoms with van der Waals surface area (Å²) >= 11 is 7.88. The molecule has 2 N–H and O–H groups in total. The third-order valence-corrected chi connectivity index (χ3v) is 5.63. The smallest absolute Gasteiger partial charge is 0.261 e. The summed E-state index contributed by atoms with van der Waals surface area (Å²) in [6, 6.07) is 1.70. The lowest BCUT2D eigenvalue weighted by Crippen LogP contribution is -2.33. The van der Waals surface area contributed by atoms with Gasteiger partial charge in [-0.25, -0.2) is 13.1 Å². The summed E-state index contributed by atoms with van der Waals surface area (Å²) in [5, 5.41) is 2.61. The molecule has 0 fully saturated rings. The highest BCUT2D eigenvalue weighted by Gasteiger charge is 2.11. The highest BCUT2D eigenvalue weighted by atomic mass is 79.9. The van der Waals surface area contributed by atoms with Crippen LogP contribution >= 0.6 is 43.2 Å². The summed E-state index contributed by atoms with van der Waals surface area (Å²) in [5.74, 6) is -0.225. The number of thiophene rings is 1. The normalized spacial score (nSPS) is 11.5. The van der Waals surface area contributed by atoms with E-state index in [0.29, 0.717) is 4.88 Å². The number of hydrogen-bond acceptors (Lipinski definition) is 4. The zero-order valence-electron chi connectivity index (χ0n) is 8.79. The van der Waals surface area contributed by atoms with Crippen molar-refractivity contribution in [3.8, 4) is 0 Å². The predicted molar refractivity (Wildman–Crippen MR) is 74.9 cm³/mol. The van der Waals surface area contributed by atoms with Gasteiger partial charge in [-0.15, -0.1) is 11.3 Å². The summed E-state index contributed by atoms with van der Waals surface area (Å²) in [4.78, 5) is 12.2. The van der Waals surface area contributed by atoms with Crippen LogP contribution in [0.1, 0.15) is 9.67 Å². The van der Waals surface area contributed by atoms with Crippen molar-refractivity contribution < 1.29 is 13.2 Å². The number of amides is 1. The Morgan fingerprint density at radius 1 is 1.41 bits per heavy atom. The summed E-state index contributed by atoms with van der Waals surface area (Å²) in [6.45, 7) is 0.428. The molecular formula is C8H10Br2N2O3S2. The maximum Gasteiger partial charge on any atom is 0.261 e. The Labute approximate surface area is 120 Å². The van der Waals surface area contributed by atoms with Crippen LogP contribution in [-0.2, 0) is 10.0 Å². The van der Waals surface area contributed by atoms with Crippen molar-refractivity contribution in [1.29, 1.82) is 0 Å². The second-order valence-electron chi connectivity index (χ2n) is 3.15. The average molecular weight is 406 g/mol. The van der Waals surface area contributed by atoms with Crippen LogP contribution in [0.4, 0.5) is 0 Å². The van der Waals surface area contributed by atoms with E-state index in [2.05, 4.69) is 41.9 Å². The highest BCUT2D eigenvalue weighted by Crippen LogP contribution is 2.32. The lowest BCUT2D eigenvalue weighted by atomic mass is 10.4. The molecule has 5 nitrogen and oxygen atoms in total. The average Bonchev–Trinajstić information content (AvgIpc) is 2.52. The van der Waals surface area contributed by atoms with Crippen LogP contribution in [0.5, 0.6) is 0 Å². The van der Waals surface area contributed by atoms with Gasteiger partial charge in [-0.3, -0.25) is 4.79 Å². The van der Waals surface area contributed by atoms with Gasteiger partial charge in [0.1, 0.15) is 0 Å². The molecule has 17 heavy (non-hydrogen) atoms. The number of rotatable bonds is 5. The fourth-order valence-corrected chi connectivity index (χ4v) is 3.38. The van der Waals surface area contributed by atoms with Gasteiger partial charge in [0, 0.05) is 17.6 Å². The Morgan fingerprint density at radius 3 is 2.53 bits per heavy atom. The quantitative estimate of drug-likeness (QED) is 0.729. The molecule has 1 heterocycles. The van der Waals surface area contributed by atoms with Crippen LogP contribution < -0.4 is 10.0 Å². The van der Waals surface area contributed by atoms with Crippen molar-refractivity contribution in [3.63, 3.8) is 0 Å². The highest BCUT2D eigenvalue weighted by molar-refractivity contribution is 9.13. The Morgan fingerprint density at radius 2 is 2.06 bits per heavy atom. The number of hydrogen-bond donors (Lipinski definition) is 2. The van der Waals surface area contributed by atoms with E-state index in [-0.39, 0.29) is 19.0 Å². The third-order valence-electron chi connectivity index (χ3n) is 1.64. The van der Waals surface area contributed by atoms with Crippen molar-refractivity contribution in [2.24, 2.45) is 0 Å². The van der Waals surface area contributed by atoms with Crippen molar-refractivity contribution in [2.75, 3.05) is 19.3 Å². The van der Waals surface area contributed by atoms with Crippen LogP contribution in [0.25, 0.3) is 0 Å². The minimum atomic E-state index is -3.20. The van der Waals surface area contributed by atoms with Crippen LogP contribution in [0, 0.1) is 0 Å². The molecule has 0 aliphatic rings. The Kier molecular flexibility index (Phi) is 5.58. The van der Waals surface area contributed by atoms with Crippen molar-refractivity contribution >= 4 is 59.1 Å². The molecule has 1 aromatic rings. The van der Waals surface area contributed by atoms with E-state index in [9.17, 15) is 13.2 Å². The van der Waals surface area contributed by atoms with E-state index in [1.54, 1.807) is 6.07 Å². The number of sulfonamides is 1. The van der Waals surface area contributed by atoms with Crippen LogP contribution in [0.3, 0.4) is 0 Å². The largest absolute Gasteiger partial charge is 0.350 e. The molecule has 1 rings (SSSR count). The monoisotopic (exact) mass is 404 g/mol. The maximum absolute atomic E-state index is 11.6. The molecule has 0 aromatic carbocycles. The molecule has 0 saturated carbocycles. The van der Waals surface area contributed by atoms with Crippen LogP contribution in [-0.4, -0.2) is 33.7 Å². The molecule has 0 unspecified atom stereocenters. The summed E-state index contributed by atoms with van der Waals surface area (Å²) in [6.07, 6.45) is 1.07. The molecule has 0 aliphatic heterocycles. The standard InChI is InChI=1S/C8H10Br2N2O3S2/c1-17(14,15)12-3-2-11-8(13)6-4-5(9)7(10)16-6/h4,12H,2-3H2,1H3,(H,11,13). The molecule has 1 aromatic heterocycles. The van der Waals surface area contributed by atoms with Gasteiger partial charge >= 0.3 is 0 Å². The molecule has 0 saturated heterocycles. The summed E-state index contributed by atoms with van der Waals surface area (Å²) < 4.78 is 25.5. The molecule has 0 spiro atoms. The van der Waals surface area contributed by atoms with Gasteiger partial charge in [-0.1, -0.05) is 0 Å². The van der Waals surface area contributed by atoms with E-state index >= 15 is 0 Å². The zero-order valence-corrected chi connectivity index (χ0v) is 13.6. The first-order chi connectivity index (χ1) is 7.79. The lowest BCUT2D eigenvalue weighted by Gasteiger charge is -2.03. The van der Waals surface area contributed by atoms with Gasteiger partial charge in [0.15, 0.2) is 0 Å². The van der Waals surface area contributed by atoms with Crippen molar-refractivity contribution in [1.82, 2.24) is 10.0 Å². The van der Waals surface area contributed by atoms with Gasteiger partial charge in [0.05, 0.1) is 14.9 Å². The van der Waals surface area contributed by atoms with E-state index in [1.165, 1.54) is 11.3 Å². The Hall–Kier alpha value is 0.0400. The number of carbonyl (C=O) groups excluding carboxylic acids is 1. The fraction of sp³-hybridized carbons (Fsp3) is 0.375. The van der Waals surface area contributed by atoms with E-state index < -0.39 is 10.0 Å². The first kappa shape index (κ1) is 15.1. The van der Waals surface area contributed by atoms with E-state index in [1.807, 2.05) is 0 Å². The second kappa shape index (κ2) is 6.28. The maximum atomic E-state index is 11.6. The minimum Gasteiger partial charge on any atom is -0.350 e. The molecule has 0 atom stereocenters. The topological polar surface area (TPSA) is 75.3 Å².